The molecule has 1 aliphatic carbocycles. The van der Waals surface area contributed by atoms with Gasteiger partial charge in [0, 0.05) is 17.4 Å². The second-order valence-electron chi connectivity index (χ2n) is 7.22. The van der Waals surface area contributed by atoms with Crippen LogP contribution in [-0.4, -0.2) is 19.4 Å². The molecule has 132 valence electrons. The number of rotatable bonds is 3. The molecule has 0 aromatic heterocycles. The molecule has 25 heavy (non-hydrogen) atoms. The number of fused-ring (bicyclic) bond motifs is 1. The van der Waals surface area contributed by atoms with Crippen LogP contribution in [0.15, 0.2) is 35.7 Å². The average Bonchev–Trinajstić information content (AvgIpc) is 2.94. The molecule has 6 nitrogen and oxygen atoms in total. The van der Waals surface area contributed by atoms with Gasteiger partial charge in [0.15, 0.2) is 6.23 Å². The van der Waals surface area contributed by atoms with Crippen molar-refractivity contribution in [2.45, 2.75) is 43.9 Å². The molecule has 6 heteroatoms. The fourth-order valence-electron chi connectivity index (χ4n) is 4.90. The number of methoxy groups -OCH3 is 1. The molecule has 2 fully saturated rings. The highest BCUT2D eigenvalue weighted by Crippen LogP contribution is 2.58. The Morgan fingerprint density at radius 3 is 2.80 bits per heavy atom. The lowest BCUT2D eigenvalue weighted by atomic mass is 9.51. The van der Waals surface area contributed by atoms with Gasteiger partial charge in [0.25, 0.3) is 0 Å². The van der Waals surface area contributed by atoms with Crippen molar-refractivity contribution >= 4 is 0 Å². The van der Waals surface area contributed by atoms with Crippen molar-refractivity contribution in [3.05, 3.63) is 41.3 Å². The van der Waals surface area contributed by atoms with Crippen LogP contribution in [0.3, 0.4) is 0 Å². The number of hydrogen-bond acceptors (Lipinski definition) is 6. The van der Waals surface area contributed by atoms with E-state index in [4.69, 9.17) is 15.2 Å². The van der Waals surface area contributed by atoms with E-state index in [9.17, 15) is 5.26 Å². The van der Waals surface area contributed by atoms with Crippen LogP contribution in [-0.2, 0) is 10.2 Å². The summed E-state index contributed by atoms with van der Waals surface area (Å²) in [6, 6.07) is 10.6. The molecular weight excluding hydrogens is 316 g/mol. The molecule has 4 atom stereocenters. The molecule has 1 saturated carbocycles. The molecule has 2 aliphatic heterocycles. The summed E-state index contributed by atoms with van der Waals surface area (Å²) in [6.45, 7) is 2.13. The first-order valence-corrected chi connectivity index (χ1v) is 8.85. The Morgan fingerprint density at radius 1 is 1.36 bits per heavy atom. The lowest BCUT2D eigenvalue weighted by molar-refractivity contribution is -0.0218. The second kappa shape index (κ2) is 5.94. The number of ether oxygens (including phenoxy) is 2. The molecule has 4 unspecified atom stereocenters. The standard InChI is InChI=1S/C19H24N4O2/c1-11-16-18(23-22-11)25-17(21)15(10-20)19(16,12-5-3-6-12)13-7-4-8-14(9-13)24-2/h4,7-9,11-12,16,18,22-23H,3,5-6,21H2,1-2H3. The minimum atomic E-state index is -0.468. The smallest absolute Gasteiger partial charge is 0.200 e. The summed E-state index contributed by atoms with van der Waals surface area (Å²) in [7, 11) is 1.67. The molecule has 0 radical (unpaired) electrons. The van der Waals surface area contributed by atoms with Crippen LogP contribution in [0, 0.1) is 23.2 Å². The van der Waals surface area contributed by atoms with Crippen LogP contribution in [0.5, 0.6) is 5.75 Å². The van der Waals surface area contributed by atoms with Crippen LogP contribution in [0.2, 0.25) is 0 Å². The number of nitrogens with two attached hydrogens (primary N) is 1. The largest absolute Gasteiger partial charge is 0.497 e. The van der Waals surface area contributed by atoms with Gasteiger partial charge in [-0.25, -0.2) is 5.43 Å². The summed E-state index contributed by atoms with van der Waals surface area (Å²) in [5.74, 6) is 1.48. The van der Waals surface area contributed by atoms with E-state index in [0.717, 1.165) is 24.2 Å². The van der Waals surface area contributed by atoms with Crippen LogP contribution in [0.1, 0.15) is 31.7 Å². The Bertz CT molecular complexity index is 752. The summed E-state index contributed by atoms with van der Waals surface area (Å²) in [4.78, 5) is 0. The molecular formula is C19H24N4O2. The van der Waals surface area contributed by atoms with E-state index >= 15 is 0 Å². The zero-order chi connectivity index (χ0) is 17.6. The van der Waals surface area contributed by atoms with Gasteiger partial charge in [0.1, 0.15) is 17.4 Å². The Morgan fingerprint density at radius 2 is 2.16 bits per heavy atom. The van der Waals surface area contributed by atoms with Gasteiger partial charge in [0.05, 0.1) is 7.11 Å². The number of hydrogen-bond donors (Lipinski definition) is 3. The highest BCUT2D eigenvalue weighted by Gasteiger charge is 2.61. The molecule has 2 heterocycles. The van der Waals surface area contributed by atoms with Gasteiger partial charge >= 0.3 is 0 Å². The predicted molar refractivity (Wildman–Crippen MR) is 92.9 cm³/mol. The Balaban J connectivity index is 1.99. The van der Waals surface area contributed by atoms with Gasteiger partial charge in [0.2, 0.25) is 5.88 Å². The minimum Gasteiger partial charge on any atom is -0.497 e. The van der Waals surface area contributed by atoms with Gasteiger partial charge in [-0.3, -0.25) is 5.43 Å². The fraction of sp³-hybridized carbons (Fsp3) is 0.526. The van der Waals surface area contributed by atoms with Gasteiger partial charge in [-0.2, -0.15) is 5.26 Å². The van der Waals surface area contributed by atoms with Crippen LogP contribution >= 0.6 is 0 Å². The molecule has 4 N–H and O–H groups in total. The molecule has 3 aliphatic rings. The Labute approximate surface area is 147 Å². The third-order valence-corrected chi connectivity index (χ3v) is 6.17. The topological polar surface area (TPSA) is 92.3 Å². The van der Waals surface area contributed by atoms with Gasteiger partial charge in [-0.15, -0.1) is 0 Å². The van der Waals surface area contributed by atoms with E-state index in [2.05, 4.69) is 36.0 Å². The number of benzene rings is 1. The molecule has 1 saturated heterocycles. The van der Waals surface area contributed by atoms with Crippen molar-refractivity contribution in [3.8, 4) is 11.8 Å². The number of nitriles is 1. The van der Waals surface area contributed by atoms with Crippen molar-refractivity contribution in [3.63, 3.8) is 0 Å². The van der Waals surface area contributed by atoms with Crippen LogP contribution < -0.4 is 21.3 Å². The lowest BCUT2D eigenvalue weighted by Crippen LogP contribution is -2.57. The first-order valence-electron chi connectivity index (χ1n) is 8.85. The maximum atomic E-state index is 10.0. The van der Waals surface area contributed by atoms with Crippen molar-refractivity contribution < 1.29 is 9.47 Å². The molecule has 0 bridgehead atoms. The quantitative estimate of drug-likeness (QED) is 0.778. The van der Waals surface area contributed by atoms with Crippen molar-refractivity contribution in [2.75, 3.05) is 7.11 Å². The maximum absolute atomic E-state index is 10.0. The van der Waals surface area contributed by atoms with Crippen LogP contribution in [0.4, 0.5) is 0 Å². The highest BCUT2D eigenvalue weighted by molar-refractivity contribution is 5.51. The molecule has 0 spiro atoms. The molecule has 0 amide bonds. The normalized spacial score (nSPS) is 34.7. The predicted octanol–water partition coefficient (Wildman–Crippen LogP) is 1.90. The first kappa shape index (κ1) is 16.2. The van der Waals surface area contributed by atoms with Gasteiger partial charge in [-0.05, 0) is 43.4 Å². The molecule has 1 aromatic rings. The van der Waals surface area contributed by atoms with E-state index in [-0.39, 0.29) is 24.1 Å². The lowest BCUT2D eigenvalue weighted by Gasteiger charge is -2.53. The number of allylic oxidation sites excluding steroid dienone is 1. The van der Waals surface area contributed by atoms with E-state index in [1.54, 1.807) is 7.11 Å². The van der Waals surface area contributed by atoms with Crippen molar-refractivity contribution in [1.82, 2.24) is 10.9 Å². The summed E-state index contributed by atoms with van der Waals surface area (Å²) in [5, 5.41) is 10.0. The maximum Gasteiger partial charge on any atom is 0.200 e. The average molecular weight is 340 g/mol. The second-order valence-corrected chi connectivity index (χ2v) is 7.22. The van der Waals surface area contributed by atoms with Crippen molar-refractivity contribution in [1.29, 1.82) is 5.26 Å². The highest BCUT2D eigenvalue weighted by atomic mass is 16.5. The van der Waals surface area contributed by atoms with Crippen molar-refractivity contribution in [2.24, 2.45) is 17.6 Å². The number of hydrazine groups is 1. The van der Waals surface area contributed by atoms with E-state index < -0.39 is 5.41 Å². The molecule has 1 aromatic carbocycles. The zero-order valence-corrected chi connectivity index (χ0v) is 14.6. The third-order valence-electron chi connectivity index (χ3n) is 6.17. The summed E-state index contributed by atoms with van der Waals surface area (Å²) in [5.41, 5.74) is 13.9. The zero-order valence-electron chi connectivity index (χ0n) is 14.6. The summed E-state index contributed by atoms with van der Waals surface area (Å²) < 4.78 is 11.3. The Hall–Kier alpha value is -2.23. The number of nitrogens with one attached hydrogen (secondary N) is 2. The Kier molecular flexibility index (Phi) is 3.86. The minimum absolute atomic E-state index is 0.0758. The molecule has 4 rings (SSSR count). The van der Waals surface area contributed by atoms with Crippen LogP contribution in [0.25, 0.3) is 0 Å². The first-order chi connectivity index (χ1) is 12.1. The monoisotopic (exact) mass is 340 g/mol. The van der Waals surface area contributed by atoms with Gasteiger partial charge in [-0.1, -0.05) is 18.6 Å². The van der Waals surface area contributed by atoms with E-state index in [0.29, 0.717) is 11.5 Å². The SMILES string of the molecule is COc1cccc(C2(C3CCC3)C(C#N)=C(N)OC3NNC(C)C32)c1. The fourth-order valence-corrected chi connectivity index (χ4v) is 4.90. The third kappa shape index (κ3) is 2.16. The van der Waals surface area contributed by atoms with Gasteiger partial charge < -0.3 is 15.2 Å². The summed E-state index contributed by atoms with van der Waals surface area (Å²) in [6.07, 6.45) is 3.11. The van der Waals surface area contributed by atoms with E-state index in [1.807, 2.05) is 12.1 Å². The summed E-state index contributed by atoms with van der Waals surface area (Å²) >= 11 is 0. The number of nitrogens with zero attached hydrogens (tertiary/aromatic N) is 1. The van der Waals surface area contributed by atoms with E-state index in [1.165, 1.54) is 6.42 Å².